The number of piperidine rings is 1. The largest absolute Gasteiger partial charge is 0.299 e. The molecule has 3 rings (SSSR count). The van der Waals surface area contributed by atoms with Gasteiger partial charge in [0.1, 0.15) is 0 Å². The fraction of sp³-hybridized carbons (Fsp3) is 0.364. The van der Waals surface area contributed by atoms with Crippen LogP contribution in [-0.2, 0) is 23.1 Å². The van der Waals surface area contributed by atoms with Crippen LogP contribution in [0.15, 0.2) is 60.0 Å². The molecule has 0 bridgehead atoms. The van der Waals surface area contributed by atoms with Crippen LogP contribution in [0.1, 0.15) is 36.5 Å². The molecule has 1 aliphatic rings. The molecule has 0 saturated carbocycles. The Labute approximate surface area is 163 Å². The van der Waals surface area contributed by atoms with Crippen LogP contribution < -0.4 is 4.72 Å². The van der Waals surface area contributed by atoms with Gasteiger partial charge in [-0.3, -0.25) is 4.90 Å². The highest BCUT2D eigenvalue weighted by Crippen LogP contribution is 2.18. The monoisotopic (exact) mass is 384 g/mol. The lowest BCUT2D eigenvalue weighted by atomic mass is 9.99. The number of sulfonamides is 1. The van der Waals surface area contributed by atoms with Crippen molar-refractivity contribution in [2.75, 3.05) is 13.1 Å². The number of hydrogen-bond donors (Lipinski definition) is 1. The maximum Gasteiger partial charge on any atom is 0.234 e. The molecule has 4 nitrogen and oxygen atoms in total. The molecule has 0 radical (unpaired) electrons. The molecule has 1 saturated heterocycles. The molecule has 0 amide bonds. The highest BCUT2D eigenvalue weighted by atomic mass is 32.2. The summed E-state index contributed by atoms with van der Waals surface area (Å²) in [5.74, 6) is 0.840. The van der Waals surface area contributed by atoms with Crippen molar-refractivity contribution in [3.8, 4) is 0 Å². The van der Waals surface area contributed by atoms with Gasteiger partial charge in [0.15, 0.2) is 0 Å². The summed E-state index contributed by atoms with van der Waals surface area (Å²) >= 11 is 0. The summed E-state index contributed by atoms with van der Waals surface area (Å²) < 4.78 is 26.9. The van der Waals surface area contributed by atoms with Crippen LogP contribution in [0.25, 0.3) is 6.08 Å². The maximum atomic E-state index is 12.1. The zero-order valence-corrected chi connectivity index (χ0v) is 16.7. The Balaban J connectivity index is 1.50. The van der Waals surface area contributed by atoms with Crippen LogP contribution in [0.3, 0.4) is 0 Å². The fourth-order valence-corrected chi connectivity index (χ4v) is 4.01. The first-order valence-electron chi connectivity index (χ1n) is 9.53. The van der Waals surface area contributed by atoms with Crippen LogP contribution >= 0.6 is 0 Å². The van der Waals surface area contributed by atoms with Crippen LogP contribution in [0.5, 0.6) is 0 Å². The zero-order valence-electron chi connectivity index (χ0n) is 15.8. The Morgan fingerprint density at radius 2 is 1.63 bits per heavy atom. The van der Waals surface area contributed by atoms with E-state index in [4.69, 9.17) is 0 Å². The third-order valence-electron chi connectivity index (χ3n) is 5.02. The van der Waals surface area contributed by atoms with Crippen LogP contribution in [0.4, 0.5) is 0 Å². The molecule has 1 fully saturated rings. The van der Waals surface area contributed by atoms with Gasteiger partial charge in [0.05, 0.1) is 0 Å². The van der Waals surface area contributed by atoms with Gasteiger partial charge >= 0.3 is 0 Å². The second kappa shape index (κ2) is 9.31. The summed E-state index contributed by atoms with van der Waals surface area (Å²) in [5.41, 5.74) is 3.10. The van der Waals surface area contributed by atoms with E-state index < -0.39 is 10.0 Å². The van der Waals surface area contributed by atoms with E-state index >= 15 is 0 Å². The topological polar surface area (TPSA) is 49.4 Å². The number of nitrogens with zero attached hydrogens (tertiary/aromatic N) is 1. The Morgan fingerprint density at radius 3 is 2.30 bits per heavy atom. The molecule has 1 N–H and O–H groups in total. The lowest BCUT2D eigenvalue weighted by Crippen LogP contribution is -2.32. The Kier molecular flexibility index (Phi) is 6.83. The number of nitrogens with one attached hydrogen (secondary N) is 1. The fourth-order valence-electron chi connectivity index (χ4n) is 3.21. The second-order valence-electron chi connectivity index (χ2n) is 7.35. The minimum Gasteiger partial charge on any atom is -0.299 e. The van der Waals surface area contributed by atoms with Gasteiger partial charge in [0, 0.05) is 18.5 Å². The molecule has 2 aromatic rings. The molecule has 0 aromatic heterocycles. The standard InChI is InChI=1S/C22H28N2O2S/c1-19-11-14-24(15-12-19)18-22-9-7-21(8-10-22)17-23-27(25,26)16-13-20-5-3-2-4-6-20/h2-10,13,16,19,23H,11-12,14-15,17-18H2,1H3/b16-13+. The molecule has 0 atom stereocenters. The van der Waals surface area contributed by atoms with Crippen LogP contribution in [0, 0.1) is 5.92 Å². The van der Waals surface area contributed by atoms with E-state index in [0.717, 1.165) is 36.7 Å². The molecule has 5 heteroatoms. The van der Waals surface area contributed by atoms with Gasteiger partial charge in [0.2, 0.25) is 10.0 Å². The van der Waals surface area contributed by atoms with E-state index in [0.29, 0.717) is 6.54 Å². The molecule has 0 aliphatic carbocycles. The maximum absolute atomic E-state index is 12.1. The lowest BCUT2D eigenvalue weighted by Gasteiger charge is -2.30. The van der Waals surface area contributed by atoms with Gasteiger partial charge in [0.25, 0.3) is 0 Å². The first-order chi connectivity index (χ1) is 13.0. The molecule has 1 aliphatic heterocycles. The second-order valence-corrected chi connectivity index (χ2v) is 9.01. The molecule has 1 heterocycles. The average Bonchev–Trinajstić information content (AvgIpc) is 2.69. The van der Waals surface area contributed by atoms with Crippen molar-refractivity contribution in [2.45, 2.75) is 32.9 Å². The predicted octanol–water partition coefficient (Wildman–Crippen LogP) is 4.01. The molecule has 144 valence electrons. The molecule has 0 unspecified atom stereocenters. The SMILES string of the molecule is CC1CCN(Cc2ccc(CNS(=O)(=O)/C=C/c3ccccc3)cc2)CC1. The van der Waals surface area contributed by atoms with Crippen molar-refractivity contribution < 1.29 is 8.42 Å². The molecular weight excluding hydrogens is 356 g/mol. The van der Waals surface area contributed by atoms with Gasteiger partial charge in [-0.05, 0) is 54.6 Å². The summed E-state index contributed by atoms with van der Waals surface area (Å²) in [4.78, 5) is 2.49. The van der Waals surface area contributed by atoms with Crippen LogP contribution in [-0.4, -0.2) is 26.4 Å². The number of hydrogen-bond acceptors (Lipinski definition) is 3. The molecule has 27 heavy (non-hydrogen) atoms. The highest BCUT2D eigenvalue weighted by Gasteiger charge is 2.15. The minimum absolute atomic E-state index is 0.295. The lowest BCUT2D eigenvalue weighted by molar-refractivity contribution is 0.185. The van der Waals surface area contributed by atoms with Gasteiger partial charge in [-0.15, -0.1) is 0 Å². The summed E-state index contributed by atoms with van der Waals surface area (Å²) in [6.07, 6.45) is 4.15. The minimum atomic E-state index is -3.45. The van der Waals surface area contributed by atoms with Gasteiger partial charge in [-0.2, -0.15) is 0 Å². The number of rotatable bonds is 7. The van der Waals surface area contributed by atoms with E-state index in [1.165, 1.54) is 23.8 Å². The number of likely N-dealkylation sites (tertiary alicyclic amines) is 1. The van der Waals surface area contributed by atoms with Gasteiger partial charge < -0.3 is 0 Å². The van der Waals surface area contributed by atoms with Crippen molar-refractivity contribution in [1.82, 2.24) is 9.62 Å². The van der Waals surface area contributed by atoms with Gasteiger partial charge in [-0.25, -0.2) is 13.1 Å². The third-order valence-corrected chi connectivity index (χ3v) is 6.06. The highest BCUT2D eigenvalue weighted by molar-refractivity contribution is 7.92. The van der Waals surface area contributed by atoms with Gasteiger partial charge in [-0.1, -0.05) is 61.5 Å². The van der Waals surface area contributed by atoms with E-state index in [-0.39, 0.29) is 0 Å². The summed E-state index contributed by atoms with van der Waals surface area (Å²) in [6.45, 7) is 5.91. The quantitative estimate of drug-likeness (QED) is 0.785. The van der Waals surface area contributed by atoms with Crippen LogP contribution in [0.2, 0.25) is 0 Å². The number of benzene rings is 2. The molecular formula is C22H28N2O2S. The third kappa shape index (κ3) is 6.61. The van der Waals surface area contributed by atoms with E-state index in [2.05, 4.69) is 28.7 Å². The Bertz CT molecular complexity index is 838. The Morgan fingerprint density at radius 1 is 1.00 bits per heavy atom. The molecule has 0 spiro atoms. The summed E-state index contributed by atoms with van der Waals surface area (Å²) in [6, 6.07) is 17.6. The Hall–Kier alpha value is -1.95. The zero-order chi connectivity index (χ0) is 19.1. The van der Waals surface area contributed by atoms with E-state index in [1.54, 1.807) is 6.08 Å². The van der Waals surface area contributed by atoms with Crippen molar-refractivity contribution in [3.05, 3.63) is 76.7 Å². The van der Waals surface area contributed by atoms with Crippen molar-refractivity contribution in [2.24, 2.45) is 5.92 Å². The van der Waals surface area contributed by atoms with Crippen molar-refractivity contribution in [3.63, 3.8) is 0 Å². The van der Waals surface area contributed by atoms with E-state index in [9.17, 15) is 8.42 Å². The normalized spacial score (nSPS) is 16.8. The predicted molar refractivity (Wildman–Crippen MR) is 111 cm³/mol. The summed E-state index contributed by atoms with van der Waals surface area (Å²) in [7, 11) is -3.45. The smallest absolute Gasteiger partial charge is 0.234 e. The van der Waals surface area contributed by atoms with E-state index in [1.807, 2.05) is 42.5 Å². The summed E-state index contributed by atoms with van der Waals surface area (Å²) in [5, 5.41) is 1.22. The molecule has 2 aromatic carbocycles. The van der Waals surface area contributed by atoms with Crippen molar-refractivity contribution >= 4 is 16.1 Å². The average molecular weight is 385 g/mol. The van der Waals surface area contributed by atoms with Crippen molar-refractivity contribution in [1.29, 1.82) is 0 Å². The first kappa shape index (κ1) is 19.8. The first-order valence-corrected chi connectivity index (χ1v) is 11.1.